The Kier molecular flexibility index (Phi) is 6.05. The highest BCUT2D eigenvalue weighted by atomic mass is 32.2. The lowest BCUT2D eigenvalue weighted by Gasteiger charge is -2.22. The number of rotatable bonds is 6. The second-order valence-electron chi connectivity index (χ2n) is 9.12. The predicted molar refractivity (Wildman–Crippen MR) is 128 cm³/mol. The molecule has 0 unspecified atom stereocenters. The molecular weight excluding hydrogens is 460 g/mol. The van der Waals surface area contributed by atoms with Crippen LogP contribution in [0.3, 0.4) is 0 Å². The minimum atomic E-state index is -4.41. The van der Waals surface area contributed by atoms with Gasteiger partial charge in [0.25, 0.3) is 10.1 Å². The highest BCUT2D eigenvalue weighted by Crippen LogP contribution is 2.41. The van der Waals surface area contributed by atoms with E-state index in [4.69, 9.17) is 4.18 Å². The van der Waals surface area contributed by atoms with Crippen LogP contribution in [0.4, 0.5) is 0 Å². The highest BCUT2D eigenvalue weighted by molar-refractivity contribution is 7.87. The van der Waals surface area contributed by atoms with Crippen molar-refractivity contribution in [3.63, 3.8) is 0 Å². The van der Waals surface area contributed by atoms with Gasteiger partial charge in [-0.1, -0.05) is 52.0 Å². The van der Waals surface area contributed by atoms with Crippen molar-refractivity contribution >= 4 is 31.0 Å². The Labute approximate surface area is 195 Å². The van der Waals surface area contributed by atoms with Crippen LogP contribution in [0.15, 0.2) is 52.3 Å². The van der Waals surface area contributed by atoms with Crippen LogP contribution in [0.2, 0.25) is 0 Å². The van der Waals surface area contributed by atoms with Crippen LogP contribution in [0.1, 0.15) is 68.2 Å². The summed E-state index contributed by atoms with van der Waals surface area (Å²) in [6.45, 7) is 7.82. The molecule has 0 aromatic heterocycles. The van der Waals surface area contributed by atoms with Gasteiger partial charge in [-0.25, -0.2) is 0 Å². The summed E-state index contributed by atoms with van der Waals surface area (Å²) >= 11 is 0. The van der Waals surface area contributed by atoms with E-state index in [-0.39, 0.29) is 27.4 Å². The molecule has 1 aliphatic carbocycles. The summed E-state index contributed by atoms with van der Waals surface area (Å²) in [5.74, 6) is -0.0184. The molecule has 1 N–H and O–H groups in total. The van der Waals surface area contributed by atoms with Gasteiger partial charge < -0.3 is 4.18 Å². The van der Waals surface area contributed by atoms with E-state index in [0.717, 1.165) is 10.8 Å². The van der Waals surface area contributed by atoms with Crippen molar-refractivity contribution in [3.8, 4) is 5.75 Å². The lowest BCUT2D eigenvalue weighted by molar-refractivity contribution is 0.478. The molecule has 4 rings (SSSR count). The molecule has 0 fully saturated rings. The molecule has 0 amide bonds. The fourth-order valence-electron chi connectivity index (χ4n) is 4.78. The van der Waals surface area contributed by atoms with Gasteiger partial charge >= 0.3 is 10.1 Å². The minimum absolute atomic E-state index is 0.0619. The third-order valence-electron chi connectivity index (χ3n) is 6.19. The van der Waals surface area contributed by atoms with Crippen molar-refractivity contribution in [3.05, 3.63) is 64.7 Å². The number of hydrogen-bond donors (Lipinski definition) is 1. The van der Waals surface area contributed by atoms with Crippen molar-refractivity contribution in [2.75, 3.05) is 0 Å². The molecule has 0 atom stereocenters. The number of benzene rings is 3. The largest absolute Gasteiger partial charge is 0.379 e. The zero-order valence-electron chi connectivity index (χ0n) is 19.1. The second kappa shape index (κ2) is 8.42. The van der Waals surface area contributed by atoms with E-state index in [0.29, 0.717) is 41.5 Å². The average Bonchev–Trinajstić information content (AvgIpc) is 3.21. The van der Waals surface area contributed by atoms with Crippen LogP contribution in [0.25, 0.3) is 10.8 Å². The third-order valence-corrected chi connectivity index (χ3v) is 8.49. The molecule has 0 heterocycles. The zero-order valence-corrected chi connectivity index (χ0v) is 20.8. The fraction of sp³-hybridized carbons (Fsp3) is 0.360. The zero-order chi connectivity index (χ0) is 24.1. The summed E-state index contributed by atoms with van der Waals surface area (Å²) in [5.41, 5.74) is 2.34. The molecule has 0 spiro atoms. The van der Waals surface area contributed by atoms with Gasteiger partial charge in [0.05, 0.1) is 4.90 Å². The molecular formula is C25H28O6S2. The first-order valence-electron chi connectivity index (χ1n) is 11.0. The highest BCUT2D eigenvalue weighted by Gasteiger charge is 2.32. The van der Waals surface area contributed by atoms with Crippen molar-refractivity contribution in [2.24, 2.45) is 0 Å². The maximum absolute atomic E-state index is 13.8. The van der Waals surface area contributed by atoms with Gasteiger partial charge in [-0.3, -0.25) is 4.55 Å². The summed E-state index contributed by atoms with van der Waals surface area (Å²) in [6, 6.07) is 12.2. The summed E-state index contributed by atoms with van der Waals surface area (Å²) in [7, 11) is -8.64. The first-order chi connectivity index (χ1) is 15.4. The van der Waals surface area contributed by atoms with Crippen molar-refractivity contribution < 1.29 is 25.6 Å². The van der Waals surface area contributed by atoms with Crippen LogP contribution in [0, 0.1) is 0 Å². The Morgan fingerprint density at radius 1 is 0.879 bits per heavy atom. The Bertz CT molecular complexity index is 1450. The Morgan fingerprint density at radius 2 is 1.55 bits per heavy atom. The number of fused-ring (bicyclic) bond motifs is 2. The van der Waals surface area contributed by atoms with Crippen LogP contribution >= 0.6 is 0 Å². The maximum atomic E-state index is 13.8. The van der Waals surface area contributed by atoms with Crippen LogP contribution in [-0.2, 0) is 33.1 Å². The molecule has 1 aliphatic rings. The van der Waals surface area contributed by atoms with Crippen molar-refractivity contribution in [2.45, 2.75) is 68.6 Å². The maximum Gasteiger partial charge on any atom is 0.339 e. The molecule has 0 radical (unpaired) electrons. The molecule has 8 heteroatoms. The lowest BCUT2D eigenvalue weighted by Crippen LogP contribution is -2.18. The quantitative estimate of drug-likeness (QED) is 0.359. The van der Waals surface area contributed by atoms with E-state index < -0.39 is 20.2 Å². The topological polar surface area (TPSA) is 97.7 Å². The van der Waals surface area contributed by atoms with Gasteiger partial charge in [-0.15, -0.1) is 0 Å². The van der Waals surface area contributed by atoms with Gasteiger partial charge in [0.1, 0.15) is 10.6 Å². The SMILES string of the molecule is CC(C)c1cc2ccccc2c(C(C)C)c1S(=O)(=O)Oc1ccc(S(=O)(=O)O)c2c1CCC2. The third kappa shape index (κ3) is 4.27. The first kappa shape index (κ1) is 23.7. The van der Waals surface area contributed by atoms with Crippen molar-refractivity contribution in [1.29, 1.82) is 0 Å². The van der Waals surface area contributed by atoms with E-state index in [1.807, 2.05) is 58.0 Å². The van der Waals surface area contributed by atoms with Gasteiger partial charge in [0, 0.05) is 5.56 Å². The molecule has 176 valence electrons. The summed E-state index contributed by atoms with van der Waals surface area (Å²) in [5, 5.41) is 1.84. The smallest absolute Gasteiger partial charge is 0.339 e. The van der Waals surface area contributed by atoms with Gasteiger partial charge in [-0.05, 0) is 76.8 Å². The molecule has 3 aromatic rings. The Balaban J connectivity index is 1.94. The lowest BCUT2D eigenvalue weighted by atomic mass is 9.90. The van der Waals surface area contributed by atoms with Crippen LogP contribution < -0.4 is 4.18 Å². The molecule has 0 aliphatic heterocycles. The van der Waals surface area contributed by atoms with E-state index in [1.54, 1.807) is 0 Å². The van der Waals surface area contributed by atoms with E-state index >= 15 is 0 Å². The number of hydrogen-bond acceptors (Lipinski definition) is 5. The van der Waals surface area contributed by atoms with E-state index in [2.05, 4.69) is 0 Å². The van der Waals surface area contributed by atoms with E-state index in [1.165, 1.54) is 12.1 Å². The Hall–Kier alpha value is -2.42. The standard InChI is InChI=1S/C25H28O6S2/c1-15(2)21-14-17-8-5-6-9-18(17)24(16(3)4)25(21)33(29,30)31-22-12-13-23(32(26,27)28)20-11-7-10-19(20)22/h5-6,8-9,12-16H,7,10-11H2,1-4H3,(H,26,27,28). The molecule has 0 saturated carbocycles. The monoisotopic (exact) mass is 488 g/mol. The summed E-state index contributed by atoms with van der Waals surface area (Å²) < 4.78 is 66.4. The van der Waals surface area contributed by atoms with Crippen LogP contribution in [0.5, 0.6) is 5.75 Å². The van der Waals surface area contributed by atoms with Crippen LogP contribution in [-0.4, -0.2) is 21.4 Å². The van der Waals surface area contributed by atoms with Crippen molar-refractivity contribution in [1.82, 2.24) is 0 Å². The van der Waals surface area contributed by atoms with Gasteiger partial charge in [0.15, 0.2) is 0 Å². The summed E-state index contributed by atoms with van der Waals surface area (Å²) in [6.07, 6.45) is 1.57. The van der Waals surface area contributed by atoms with Gasteiger partial charge in [0.2, 0.25) is 0 Å². The molecule has 3 aromatic carbocycles. The molecule has 0 saturated heterocycles. The molecule has 33 heavy (non-hydrogen) atoms. The van der Waals surface area contributed by atoms with E-state index in [9.17, 15) is 21.4 Å². The predicted octanol–water partition coefficient (Wildman–Crippen LogP) is 5.59. The Morgan fingerprint density at radius 3 is 2.18 bits per heavy atom. The summed E-state index contributed by atoms with van der Waals surface area (Å²) in [4.78, 5) is -0.00649. The first-order valence-corrected chi connectivity index (χ1v) is 13.9. The molecule has 0 bridgehead atoms. The second-order valence-corrected chi connectivity index (χ2v) is 12.0. The van der Waals surface area contributed by atoms with Gasteiger partial charge in [-0.2, -0.15) is 16.8 Å². The normalized spacial score (nSPS) is 14.3. The molecule has 6 nitrogen and oxygen atoms in total. The fourth-order valence-corrected chi connectivity index (χ4v) is 7.23. The minimum Gasteiger partial charge on any atom is -0.379 e. The average molecular weight is 489 g/mol.